The molecule has 2 atom stereocenters. The van der Waals surface area contributed by atoms with Crippen LogP contribution in [0.2, 0.25) is 0 Å². The molecular weight excluding hydrogens is 371 g/mol. The minimum Gasteiger partial charge on any atom is -0.375 e. The molecule has 4 rings (SSSR count). The molecule has 0 saturated heterocycles. The van der Waals surface area contributed by atoms with Crippen LogP contribution in [0.1, 0.15) is 29.2 Å². The minimum absolute atomic E-state index is 0.396. The molecule has 1 aliphatic rings. The lowest BCUT2D eigenvalue weighted by Gasteiger charge is -2.09. The number of benzene rings is 2. The lowest BCUT2D eigenvalue weighted by atomic mass is 10.0. The van der Waals surface area contributed by atoms with E-state index in [1.54, 1.807) is 6.07 Å². The Morgan fingerprint density at radius 1 is 1.11 bits per heavy atom. The van der Waals surface area contributed by atoms with Crippen LogP contribution in [-0.2, 0) is 12.7 Å². The topological polar surface area (TPSA) is 50.9 Å². The number of nitrogens with two attached hydrogens (primary N) is 1. The number of thiazole rings is 1. The van der Waals surface area contributed by atoms with Gasteiger partial charge in [-0.25, -0.2) is 4.98 Å². The largest absolute Gasteiger partial charge is 0.416 e. The van der Waals surface area contributed by atoms with Gasteiger partial charge in [-0.2, -0.15) is 13.2 Å². The SMILES string of the molecule is Nc1nc(CN[C@@H]2C[C@H]2c2ccc(-c3cccc(C(F)(F)F)c3)cc2)cs1. The highest BCUT2D eigenvalue weighted by atomic mass is 32.1. The van der Waals surface area contributed by atoms with Crippen LogP contribution >= 0.6 is 11.3 Å². The summed E-state index contributed by atoms with van der Waals surface area (Å²) in [6, 6.07) is 13.6. The number of rotatable bonds is 5. The minimum atomic E-state index is -4.33. The smallest absolute Gasteiger partial charge is 0.375 e. The molecule has 1 aliphatic carbocycles. The molecule has 0 unspecified atom stereocenters. The van der Waals surface area contributed by atoms with E-state index >= 15 is 0 Å². The van der Waals surface area contributed by atoms with Crippen molar-refractivity contribution in [1.29, 1.82) is 0 Å². The lowest BCUT2D eigenvalue weighted by molar-refractivity contribution is -0.137. The van der Waals surface area contributed by atoms with Crippen LogP contribution in [0.15, 0.2) is 53.9 Å². The Morgan fingerprint density at radius 2 is 1.89 bits per heavy atom. The first kappa shape index (κ1) is 18.0. The van der Waals surface area contributed by atoms with E-state index in [2.05, 4.69) is 10.3 Å². The van der Waals surface area contributed by atoms with Crippen molar-refractivity contribution in [2.75, 3.05) is 5.73 Å². The summed E-state index contributed by atoms with van der Waals surface area (Å²) in [7, 11) is 0. The summed E-state index contributed by atoms with van der Waals surface area (Å²) < 4.78 is 38.7. The van der Waals surface area contributed by atoms with Gasteiger partial charge in [0.15, 0.2) is 5.13 Å². The van der Waals surface area contributed by atoms with E-state index in [1.165, 1.54) is 29.0 Å². The highest BCUT2D eigenvalue weighted by molar-refractivity contribution is 7.13. The van der Waals surface area contributed by atoms with E-state index in [4.69, 9.17) is 5.73 Å². The number of halogens is 3. The molecule has 3 N–H and O–H groups in total. The van der Waals surface area contributed by atoms with Crippen LogP contribution in [0.4, 0.5) is 18.3 Å². The summed E-state index contributed by atoms with van der Waals surface area (Å²) in [5.41, 5.74) is 8.50. The van der Waals surface area contributed by atoms with Crippen LogP contribution in [0.5, 0.6) is 0 Å². The van der Waals surface area contributed by atoms with Crippen molar-refractivity contribution in [2.45, 2.75) is 31.1 Å². The number of alkyl halides is 3. The normalized spacial score (nSPS) is 19.2. The third kappa shape index (κ3) is 4.14. The van der Waals surface area contributed by atoms with E-state index in [9.17, 15) is 13.2 Å². The van der Waals surface area contributed by atoms with Crippen molar-refractivity contribution >= 4 is 16.5 Å². The Bertz CT molecular complexity index is 934. The van der Waals surface area contributed by atoms with Gasteiger partial charge >= 0.3 is 6.18 Å². The second-order valence-corrected chi connectivity index (χ2v) is 7.60. The standard InChI is InChI=1S/C20H18F3N3S/c21-20(22,23)15-3-1-2-14(8-15)12-4-6-13(7-5-12)17-9-18(17)25-10-16-11-27-19(24)26-16/h1-8,11,17-18,25H,9-10H2,(H2,24,26)/t17-,18+/m0/s1. The van der Waals surface area contributed by atoms with Crippen LogP contribution in [-0.4, -0.2) is 11.0 Å². The molecule has 1 heterocycles. The number of aromatic nitrogens is 1. The van der Waals surface area contributed by atoms with Gasteiger partial charge in [-0.05, 0) is 35.2 Å². The van der Waals surface area contributed by atoms with Crippen molar-refractivity contribution in [3.8, 4) is 11.1 Å². The van der Waals surface area contributed by atoms with Gasteiger partial charge in [0.2, 0.25) is 0 Å². The molecule has 7 heteroatoms. The first-order valence-corrected chi connectivity index (χ1v) is 9.49. The first-order chi connectivity index (χ1) is 12.9. The predicted octanol–water partition coefficient (Wildman–Crippen LogP) is 5.06. The average Bonchev–Trinajstić information content (AvgIpc) is 3.32. The van der Waals surface area contributed by atoms with Crippen molar-refractivity contribution in [3.05, 3.63) is 70.7 Å². The average molecular weight is 389 g/mol. The second kappa shape index (κ2) is 6.98. The number of nitrogens with one attached hydrogen (secondary N) is 1. The molecule has 1 saturated carbocycles. The fourth-order valence-electron chi connectivity index (χ4n) is 3.23. The molecule has 2 aromatic carbocycles. The van der Waals surface area contributed by atoms with Gasteiger partial charge in [0.05, 0.1) is 11.3 Å². The van der Waals surface area contributed by atoms with Gasteiger partial charge in [0.25, 0.3) is 0 Å². The van der Waals surface area contributed by atoms with Crippen molar-refractivity contribution in [3.63, 3.8) is 0 Å². The molecule has 0 spiro atoms. The highest BCUT2D eigenvalue weighted by Crippen LogP contribution is 2.41. The Kier molecular flexibility index (Phi) is 4.65. The van der Waals surface area contributed by atoms with E-state index in [1.807, 2.05) is 29.6 Å². The third-order valence-corrected chi connectivity index (χ3v) is 5.49. The number of hydrogen-bond donors (Lipinski definition) is 2. The Labute approximate surface area is 159 Å². The van der Waals surface area contributed by atoms with Gasteiger partial charge in [-0.1, -0.05) is 36.4 Å². The zero-order valence-electron chi connectivity index (χ0n) is 14.3. The molecule has 140 valence electrons. The van der Waals surface area contributed by atoms with E-state index in [0.717, 1.165) is 23.7 Å². The zero-order chi connectivity index (χ0) is 19.0. The molecule has 27 heavy (non-hydrogen) atoms. The van der Waals surface area contributed by atoms with Gasteiger partial charge in [0.1, 0.15) is 0 Å². The number of nitrogens with zero attached hydrogens (tertiary/aromatic N) is 1. The van der Waals surface area contributed by atoms with E-state index in [-0.39, 0.29) is 0 Å². The van der Waals surface area contributed by atoms with Gasteiger partial charge < -0.3 is 11.1 Å². The van der Waals surface area contributed by atoms with Crippen molar-refractivity contribution in [1.82, 2.24) is 10.3 Å². The van der Waals surface area contributed by atoms with E-state index < -0.39 is 11.7 Å². The number of hydrogen-bond acceptors (Lipinski definition) is 4. The Balaban J connectivity index is 1.40. The highest BCUT2D eigenvalue weighted by Gasteiger charge is 2.37. The molecule has 0 bridgehead atoms. The monoisotopic (exact) mass is 389 g/mol. The zero-order valence-corrected chi connectivity index (χ0v) is 15.1. The van der Waals surface area contributed by atoms with Crippen LogP contribution in [0, 0.1) is 0 Å². The molecule has 1 fully saturated rings. The van der Waals surface area contributed by atoms with Crippen LogP contribution in [0.3, 0.4) is 0 Å². The van der Waals surface area contributed by atoms with Crippen molar-refractivity contribution in [2.24, 2.45) is 0 Å². The fourth-order valence-corrected chi connectivity index (χ4v) is 3.79. The number of anilines is 1. The Hall–Kier alpha value is -2.38. The molecule has 3 aromatic rings. The lowest BCUT2D eigenvalue weighted by Crippen LogP contribution is -2.17. The summed E-state index contributed by atoms with van der Waals surface area (Å²) in [6.45, 7) is 0.692. The maximum atomic E-state index is 12.9. The maximum Gasteiger partial charge on any atom is 0.416 e. The molecule has 0 aliphatic heterocycles. The third-order valence-electron chi connectivity index (χ3n) is 4.77. The fraction of sp³-hybridized carbons (Fsp3) is 0.250. The quantitative estimate of drug-likeness (QED) is 0.642. The summed E-state index contributed by atoms with van der Waals surface area (Å²) in [6.07, 6.45) is -3.28. The molecule has 1 aromatic heterocycles. The molecular formula is C20H18F3N3S. The number of nitrogen functional groups attached to an aromatic ring is 1. The molecule has 3 nitrogen and oxygen atoms in total. The van der Waals surface area contributed by atoms with Gasteiger partial charge in [0, 0.05) is 23.9 Å². The predicted molar refractivity (Wildman–Crippen MR) is 101 cm³/mol. The van der Waals surface area contributed by atoms with Gasteiger partial charge in [-0.15, -0.1) is 11.3 Å². The van der Waals surface area contributed by atoms with Crippen molar-refractivity contribution < 1.29 is 13.2 Å². The summed E-state index contributed by atoms with van der Waals surface area (Å²) in [5.74, 6) is 0.427. The maximum absolute atomic E-state index is 12.9. The first-order valence-electron chi connectivity index (χ1n) is 8.61. The van der Waals surface area contributed by atoms with Crippen LogP contribution in [0.25, 0.3) is 11.1 Å². The van der Waals surface area contributed by atoms with Gasteiger partial charge in [-0.3, -0.25) is 0 Å². The molecule has 0 radical (unpaired) electrons. The van der Waals surface area contributed by atoms with E-state index in [0.29, 0.717) is 29.2 Å². The Morgan fingerprint density at radius 3 is 2.56 bits per heavy atom. The summed E-state index contributed by atoms with van der Waals surface area (Å²) >= 11 is 1.43. The summed E-state index contributed by atoms with van der Waals surface area (Å²) in [4.78, 5) is 4.23. The molecule has 0 amide bonds. The van der Waals surface area contributed by atoms with Crippen LogP contribution < -0.4 is 11.1 Å². The summed E-state index contributed by atoms with van der Waals surface area (Å²) in [5, 5.41) is 5.99. The second-order valence-electron chi connectivity index (χ2n) is 6.71.